The number of ether oxygens (including phenoxy) is 1. The van der Waals surface area contributed by atoms with Gasteiger partial charge in [0.1, 0.15) is 17.9 Å². The van der Waals surface area contributed by atoms with E-state index < -0.39 is 12.0 Å². The maximum Gasteiger partial charge on any atom is 0.325 e. The lowest BCUT2D eigenvalue weighted by Crippen LogP contribution is -2.51. The molecule has 0 heterocycles. The molecule has 4 unspecified atom stereocenters. The third-order valence-electron chi connectivity index (χ3n) is 8.55. The topological polar surface area (TPSA) is 89.6 Å². The minimum atomic E-state index is -0.945. The van der Waals surface area contributed by atoms with Crippen LogP contribution in [0.15, 0.2) is 11.6 Å². The van der Waals surface area contributed by atoms with Gasteiger partial charge in [0, 0.05) is 18.3 Å². The van der Waals surface area contributed by atoms with Gasteiger partial charge in [-0.25, -0.2) is 0 Å². The first-order valence-corrected chi connectivity index (χ1v) is 10.6. The molecule has 7 atom stereocenters. The summed E-state index contributed by atoms with van der Waals surface area (Å²) in [5, 5.41) is 9.05. The van der Waals surface area contributed by atoms with Gasteiger partial charge in [-0.3, -0.25) is 9.59 Å². The average molecular weight is 376 g/mol. The van der Waals surface area contributed by atoms with Gasteiger partial charge in [-0.05, 0) is 61.7 Å². The maximum atomic E-state index is 12.5. The van der Waals surface area contributed by atoms with Crippen LogP contribution in [-0.4, -0.2) is 35.6 Å². The van der Waals surface area contributed by atoms with Crippen LogP contribution in [0.5, 0.6) is 0 Å². The predicted octanol–water partition coefficient (Wildman–Crippen LogP) is 2.75. The Bertz CT molecular complexity index is 673. The zero-order valence-electron chi connectivity index (χ0n) is 16.6. The Kier molecular flexibility index (Phi) is 4.75. The number of hydrogen-bond donors (Lipinski definition) is 2. The number of hydrogen-bond acceptors (Lipinski definition) is 5. The summed E-state index contributed by atoms with van der Waals surface area (Å²) in [6.07, 6.45) is 9.96. The van der Waals surface area contributed by atoms with Crippen LogP contribution in [0, 0.1) is 28.6 Å². The normalized spacial score (nSPS) is 44.6. The molecule has 3 N–H and O–H groups in total. The monoisotopic (exact) mass is 375 g/mol. The Morgan fingerprint density at radius 1 is 1.26 bits per heavy atom. The van der Waals surface area contributed by atoms with Crippen molar-refractivity contribution in [3.8, 4) is 0 Å². The lowest BCUT2D eigenvalue weighted by molar-refractivity contribution is -0.154. The Morgan fingerprint density at radius 3 is 2.70 bits per heavy atom. The molecule has 0 aromatic rings. The second kappa shape index (κ2) is 6.70. The smallest absolute Gasteiger partial charge is 0.325 e. The highest BCUT2D eigenvalue weighted by atomic mass is 16.5. The third-order valence-corrected chi connectivity index (χ3v) is 8.55. The molecule has 5 nitrogen and oxygen atoms in total. The molecule has 0 radical (unpaired) electrons. The van der Waals surface area contributed by atoms with Gasteiger partial charge in [0.2, 0.25) is 0 Å². The molecule has 0 aromatic carbocycles. The second-order valence-electron chi connectivity index (χ2n) is 9.77. The highest BCUT2D eigenvalue weighted by Gasteiger charge is 2.58. The number of carbonyl (C=O) groups is 2. The highest BCUT2D eigenvalue weighted by Crippen LogP contribution is 2.64. The van der Waals surface area contributed by atoms with Crippen LogP contribution in [0.2, 0.25) is 0 Å². The number of ketones is 1. The van der Waals surface area contributed by atoms with Gasteiger partial charge in [0.25, 0.3) is 0 Å². The molecular weight excluding hydrogens is 342 g/mol. The van der Waals surface area contributed by atoms with E-state index in [-0.39, 0.29) is 23.5 Å². The van der Waals surface area contributed by atoms with Crippen molar-refractivity contribution < 1.29 is 19.4 Å². The summed E-state index contributed by atoms with van der Waals surface area (Å²) in [5.74, 6) is 1.78. The molecule has 3 fully saturated rings. The number of nitrogens with two attached hydrogens (primary N) is 1. The van der Waals surface area contributed by atoms with Gasteiger partial charge in [-0.2, -0.15) is 0 Å². The summed E-state index contributed by atoms with van der Waals surface area (Å²) in [7, 11) is 0. The van der Waals surface area contributed by atoms with Gasteiger partial charge in [0.15, 0.2) is 0 Å². The number of aliphatic hydroxyl groups is 1. The molecule has 0 saturated heterocycles. The van der Waals surface area contributed by atoms with Crippen molar-refractivity contribution in [1.82, 2.24) is 0 Å². The first-order valence-electron chi connectivity index (χ1n) is 10.6. The van der Waals surface area contributed by atoms with Crippen LogP contribution < -0.4 is 5.73 Å². The summed E-state index contributed by atoms with van der Waals surface area (Å²) in [6.45, 7) is 4.23. The van der Waals surface area contributed by atoms with Gasteiger partial charge in [0.05, 0.1) is 6.61 Å². The number of esters is 1. The number of fused-ring (bicyclic) bond motifs is 5. The number of rotatable bonds is 3. The Hall–Kier alpha value is -1.20. The van der Waals surface area contributed by atoms with Crippen molar-refractivity contribution in [3.05, 3.63) is 11.6 Å². The Labute approximate surface area is 161 Å². The molecular formula is C22H33NO4. The fourth-order valence-electron chi connectivity index (χ4n) is 6.83. The van der Waals surface area contributed by atoms with Crippen LogP contribution in [0.4, 0.5) is 0 Å². The standard InChI is InChI=1S/C22H33NO4/c1-21-9-7-14(27-20(26)18(23)12-24)11-13(21)3-4-15-16-5-6-19(25)22(16,2)10-8-17(15)21/h3,14-18,24H,4-12,23H2,1-2H3/t14-,15?,16?,17?,18?,21-,22-/m0/s1. The lowest BCUT2D eigenvalue weighted by atomic mass is 9.48. The van der Waals surface area contributed by atoms with E-state index in [0.717, 1.165) is 51.4 Å². The van der Waals surface area contributed by atoms with E-state index in [4.69, 9.17) is 15.6 Å². The number of aliphatic hydroxyl groups excluding tert-OH is 1. The molecule has 0 amide bonds. The molecule has 0 aliphatic heterocycles. The van der Waals surface area contributed by atoms with Crippen molar-refractivity contribution in [2.24, 2.45) is 34.3 Å². The second-order valence-corrected chi connectivity index (χ2v) is 9.77. The first-order chi connectivity index (χ1) is 12.8. The van der Waals surface area contributed by atoms with Crippen LogP contribution >= 0.6 is 0 Å². The SMILES string of the molecule is C[C@]12CC[C@H](OC(=O)C(N)CO)CC1=CCC1C2CC[C@]2(C)C(=O)CCC12. The molecule has 150 valence electrons. The maximum absolute atomic E-state index is 12.5. The summed E-state index contributed by atoms with van der Waals surface area (Å²) in [5.41, 5.74) is 7.09. The molecule has 0 spiro atoms. The lowest BCUT2D eigenvalue weighted by Gasteiger charge is -2.56. The van der Waals surface area contributed by atoms with Crippen molar-refractivity contribution in [3.63, 3.8) is 0 Å². The molecule has 4 rings (SSSR count). The Morgan fingerprint density at radius 2 is 1.96 bits per heavy atom. The van der Waals surface area contributed by atoms with E-state index in [1.54, 1.807) is 0 Å². The average Bonchev–Trinajstić information content (AvgIpc) is 2.96. The van der Waals surface area contributed by atoms with E-state index in [1.807, 2.05) is 0 Å². The van der Waals surface area contributed by atoms with E-state index in [1.165, 1.54) is 5.57 Å². The quantitative estimate of drug-likeness (QED) is 0.585. The summed E-state index contributed by atoms with van der Waals surface area (Å²) < 4.78 is 5.56. The van der Waals surface area contributed by atoms with Gasteiger partial charge < -0.3 is 15.6 Å². The summed E-state index contributed by atoms with van der Waals surface area (Å²) in [4.78, 5) is 24.4. The molecule has 3 saturated carbocycles. The zero-order valence-corrected chi connectivity index (χ0v) is 16.6. The Balaban J connectivity index is 1.51. The van der Waals surface area contributed by atoms with E-state index in [9.17, 15) is 9.59 Å². The van der Waals surface area contributed by atoms with Crippen molar-refractivity contribution in [2.45, 2.75) is 77.4 Å². The largest absolute Gasteiger partial charge is 0.461 e. The van der Waals surface area contributed by atoms with Crippen molar-refractivity contribution >= 4 is 11.8 Å². The van der Waals surface area contributed by atoms with Gasteiger partial charge in [-0.15, -0.1) is 0 Å². The fourth-order valence-corrected chi connectivity index (χ4v) is 6.83. The van der Waals surface area contributed by atoms with Crippen LogP contribution in [0.1, 0.15) is 65.2 Å². The highest BCUT2D eigenvalue weighted by molar-refractivity contribution is 5.87. The van der Waals surface area contributed by atoms with E-state index in [0.29, 0.717) is 23.5 Å². The molecule has 4 aliphatic rings. The zero-order chi connectivity index (χ0) is 19.4. The van der Waals surface area contributed by atoms with Crippen molar-refractivity contribution in [1.29, 1.82) is 0 Å². The van der Waals surface area contributed by atoms with E-state index >= 15 is 0 Å². The van der Waals surface area contributed by atoms with Crippen LogP contribution in [0.3, 0.4) is 0 Å². The molecule has 27 heavy (non-hydrogen) atoms. The predicted molar refractivity (Wildman–Crippen MR) is 102 cm³/mol. The summed E-state index contributed by atoms with van der Waals surface area (Å²) >= 11 is 0. The summed E-state index contributed by atoms with van der Waals surface area (Å²) in [6, 6.07) is -0.945. The molecule has 0 bridgehead atoms. The number of allylic oxidation sites excluding steroid dienone is 1. The third kappa shape index (κ3) is 2.89. The molecule has 0 aromatic heterocycles. The van der Waals surface area contributed by atoms with Gasteiger partial charge in [-0.1, -0.05) is 25.5 Å². The first kappa shape index (κ1) is 19.1. The van der Waals surface area contributed by atoms with Crippen LogP contribution in [0.25, 0.3) is 0 Å². The number of carbonyl (C=O) groups excluding carboxylic acids is 2. The van der Waals surface area contributed by atoms with Crippen molar-refractivity contribution in [2.75, 3.05) is 6.61 Å². The van der Waals surface area contributed by atoms with Gasteiger partial charge >= 0.3 is 5.97 Å². The minimum absolute atomic E-state index is 0.0873. The fraction of sp³-hybridized carbons (Fsp3) is 0.818. The number of Topliss-reactive ketones (excluding diaryl/α,β-unsaturated/α-hetero) is 1. The molecule has 4 aliphatic carbocycles. The minimum Gasteiger partial charge on any atom is -0.461 e. The van der Waals surface area contributed by atoms with E-state index in [2.05, 4.69) is 19.9 Å². The molecule has 5 heteroatoms. The van der Waals surface area contributed by atoms with Crippen LogP contribution in [-0.2, 0) is 14.3 Å².